The minimum atomic E-state index is -0.707. The number of carboxylic acids is 1. The van der Waals surface area contributed by atoms with Gasteiger partial charge in [-0.3, -0.25) is 4.79 Å². The first-order chi connectivity index (χ1) is 13.2. The molecule has 0 spiro atoms. The van der Waals surface area contributed by atoms with Gasteiger partial charge >= 0.3 is 5.97 Å². The van der Waals surface area contributed by atoms with Crippen LogP contribution in [0.2, 0.25) is 0 Å². The van der Waals surface area contributed by atoms with E-state index in [0.717, 1.165) is 38.5 Å². The van der Waals surface area contributed by atoms with Crippen molar-refractivity contribution in [3.8, 4) is 0 Å². The second-order valence-electron chi connectivity index (χ2n) is 11.3. The SMILES string of the molecule is C[C@@H](CCC(=O)O)[C@H]1CC[C@H]2C3CCC4C[C@H](O)CC[C@]4(C)[C@H]3C[C@H](O)[C@]12C. The van der Waals surface area contributed by atoms with Crippen molar-refractivity contribution in [2.75, 3.05) is 0 Å². The first kappa shape index (κ1) is 20.7. The number of hydrogen-bond donors (Lipinski definition) is 3. The van der Waals surface area contributed by atoms with Gasteiger partial charge in [0.05, 0.1) is 12.2 Å². The van der Waals surface area contributed by atoms with Crippen LogP contribution in [0.25, 0.3) is 0 Å². The topological polar surface area (TPSA) is 77.8 Å². The van der Waals surface area contributed by atoms with E-state index in [1.807, 2.05) is 0 Å². The summed E-state index contributed by atoms with van der Waals surface area (Å²) in [7, 11) is 0. The fourth-order valence-corrected chi connectivity index (χ4v) is 8.71. The van der Waals surface area contributed by atoms with Crippen LogP contribution in [0.3, 0.4) is 0 Å². The lowest BCUT2D eigenvalue weighted by atomic mass is 9.43. The van der Waals surface area contributed by atoms with Gasteiger partial charge in [0.15, 0.2) is 0 Å². The van der Waals surface area contributed by atoms with Gasteiger partial charge < -0.3 is 15.3 Å². The first-order valence-electron chi connectivity index (χ1n) is 11.8. The van der Waals surface area contributed by atoms with E-state index in [0.29, 0.717) is 35.5 Å². The van der Waals surface area contributed by atoms with E-state index in [2.05, 4.69) is 20.8 Å². The number of carbonyl (C=O) groups is 1. The summed E-state index contributed by atoms with van der Waals surface area (Å²) in [5.74, 6) is 2.55. The van der Waals surface area contributed by atoms with Gasteiger partial charge in [-0.1, -0.05) is 20.8 Å². The Balaban J connectivity index is 1.56. The highest BCUT2D eigenvalue weighted by atomic mass is 16.4. The van der Waals surface area contributed by atoms with E-state index in [1.165, 1.54) is 19.3 Å². The molecule has 0 bridgehead atoms. The molecule has 4 nitrogen and oxygen atoms in total. The third-order valence-corrected chi connectivity index (χ3v) is 10.3. The van der Waals surface area contributed by atoms with Crippen molar-refractivity contribution in [2.45, 2.75) is 97.2 Å². The third-order valence-electron chi connectivity index (χ3n) is 10.3. The second kappa shape index (κ2) is 7.27. The molecule has 0 aliphatic heterocycles. The zero-order valence-electron chi connectivity index (χ0n) is 17.9. The Hall–Kier alpha value is -0.610. The van der Waals surface area contributed by atoms with Crippen LogP contribution in [0.1, 0.15) is 85.0 Å². The van der Waals surface area contributed by atoms with Gasteiger partial charge in [-0.25, -0.2) is 0 Å². The highest BCUT2D eigenvalue weighted by molar-refractivity contribution is 5.66. The smallest absolute Gasteiger partial charge is 0.303 e. The predicted octanol–water partition coefficient (Wildman–Crippen LogP) is 4.48. The predicted molar refractivity (Wildman–Crippen MR) is 109 cm³/mol. The Morgan fingerprint density at radius 2 is 1.79 bits per heavy atom. The monoisotopic (exact) mass is 392 g/mol. The number of carboxylic acid groups (broad SMARTS) is 1. The largest absolute Gasteiger partial charge is 0.481 e. The standard InChI is InChI=1S/C24H40O4/c1-14(4-9-22(27)28)18-7-8-19-17-6-5-15-12-16(25)10-11-23(15,2)20(17)13-21(26)24(18,19)3/h14-21,25-26H,4-13H2,1-3H3,(H,27,28)/t14-,15?,16+,17?,18+,19-,20-,21-,23-,24+/m0/s1. The lowest BCUT2D eigenvalue weighted by Gasteiger charge is -2.62. The van der Waals surface area contributed by atoms with Crippen LogP contribution in [0.4, 0.5) is 0 Å². The first-order valence-corrected chi connectivity index (χ1v) is 11.8. The van der Waals surface area contributed by atoms with Crippen molar-refractivity contribution >= 4 is 5.97 Å². The molecule has 160 valence electrons. The zero-order chi connectivity index (χ0) is 20.3. The van der Waals surface area contributed by atoms with Crippen molar-refractivity contribution in [3.63, 3.8) is 0 Å². The molecular formula is C24H40O4. The summed E-state index contributed by atoms with van der Waals surface area (Å²) in [4.78, 5) is 11.1. The summed E-state index contributed by atoms with van der Waals surface area (Å²) >= 11 is 0. The van der Waals surface area contributed by atoms with Crippen molar-refractivity contribution < 1.29 is 20.1 Å². The highest BCUT2D eigenvalue weighted by Crippen LogP contribution is 2.68. The van der Waals surface area contributed by atoms with Gasteiger partial charge in [0.25, 0.3) is 0 Å². The van der Waals surface area contributed by atoms with Crippen LogP contribution in [-0.4, -0.2) is 33.5 Å². The van der Waals surface area contributed by atoms with Crippen molar-refractivity contribution in [2.24, 2.45) is 46.3 Å². The maximum absolute atomic E-state index is 11.5. The maximum Gasteiger partial charge on any atom is 0.303 e. The molecule has 10 atom stereocenters. The number of aliphatic hydroxyl groups is 2. The normalized spacial score (nSPS) is 51.7. The van der Waals surface area contributed by atoms with E-state index in [4.69, 9.17) is 5.11 Å². The summed E-state index contributed by atoms with van der Waals surface area (Å²) in [6, 6.07) is 0. The summed E-state index contributed by atoms with van der Waals surface area (Å²) in [6.45, 7) is 6.99. The van der Waals surface area contributed by atoms with Crippen molar-refractivity contribution in [1.82, 2.24) is 0 Å². The van der Waals surface area contributed by atoms with Gasteiger partial charge in [-0.05, 0) is 104 Å². The number of aliphatic hydroxyl groups excluding tert-OH is 2. The molecule has 4 aliphatic carbocycles. The molecule has 0 saturated heterocycles. The Morgan fingerprint density at radius 1 is 1.04 bits per heavy atom. The van der Waals surface area contributed by atoms with Crippen LogP contribution >= 0.6 is 0 Å². The van der Waals surface area contributed by atoms with Crippen LogP contribution in [0.15, 0.2) is 0 Å². The maximum atomic E-state index is 11.5. The Kier molecular flexibility index (Phi) is 5.36. The van der Waals surface area contributed by atoms with Crippen LogP contribution in [0.5, 0.6) is 0 Å². The molecule has 4 aliphatic rings. The van der Waals surface area contributed by atoms with Crippen LogP contribution < -0.4 is 0 Å². The third kappa shape index (κ3) is 3.05. The molecule has 0 aromatic rings. The van der Waals surface area contributed by atoms with E-state index in [-0.39, 0.29) is 29.5 Å². The van der Waals surface area contributed by atoms with Crippen LogP contribution in [-0.2, 0) is 4.79 Å². The number of rotatable bonds is 4. The quantitative estimate of drug-likeness (QED) is 0.659. The number of aliphatic carboxylic acids is 1. The van der Waals surface area contributed by atoms with E-state index in [1.54, 1.807) is 0 Å². The fraction of sp³-hybridized carbons (Fsp3) is 0.958. The Bertz CT molecular complexity index is 605. The zero-order valence-corrected chi connectivity index (χ0v) is 17.9. The van der Waals surface area contributed by atoms with Gasteiger partial charge in [0, 0.05) is 6.42 Å². The lowest BCUT2D eigenvalue weighted by molar-refractivity contribution is -0.175. The second-order valence-corrected chi connectivity index (χ2v) is 11.3. The number of hydrogen-bond acceptors (Lipinski definition) is 3. The highest BCUT2D eigenvalue weighted by Gasteiger charge is 2.63. The average molecular weight is 393 g/mol. The minimum absolute atomic E-state index is 0.0591. The summed E-state index contributed by atoms with van der Waals surface area (Å²) in [6.07, 6.45) is 9.26. The molecule has 4 saturated carbocycles. The molecule has 0 amide bonds. The molecular weight excluding hydrogens is 352 g/mol. The van der Waals surface area contributed by atoms with E-state index < -0.39 is 5.97 Å². The molecule has 2 unspecified atom stereocenters. The average Bonchev–Trinajstić information content (AvgIpc) is 3.00. The summed E-state index contributed by atoms with van der Waals surface area (Å²) < 4.78 is 0. The summed E-state index contributed by atoms with van der Waals surface area (Å²) in [5, 5.41) is 30.8. The molecule has 4 fully saturated rings. The summed E-state index contributed by atoms with van der Waals surface area (Å²) in [5.41, 5.74) is 0.216. The molecule has 0 aromatic carbocycles. The van der Waals surface area contributed by atoms with E-state index >= 15 is 0 Å². The van der Waals surface area contributed by atoms with E-state index in [9.17, 15) is 15.0 Å². The van der Waals surface area contributed by atoms with Gasteiger partial charge in [-0.2, -0.15) is 0 Å². The molecule has 0 radical (unpaired) electrons. The molecule has 3 N–H and O–H groups in total. The molecule has 4 heteroatoms. The molecule has 28 heavy (non-hydrogen) atoms. The molecule has 0 aromatic heterocycles. The molecule has 0 heterocycles. The lowest BCUT2D eigenvalue weighted by Crippen LogP contribution is -2.58. The Morgan fingerprint density at radius 3 is 2.50 bits per heavy atom. The van der Waals surface area contributed by atoms with Crippen molar-refractivity contribution in [1.29, 1.82) is 0 Å². The van der Waals surface area contributed by atoms with Crippen LogP contribution in [0, 0.1) is 46.3 Å². The van der Waals surface area contributed by atoms with Crippen molar-refractivity contribution in [3.05, 3.63) is 0 Å². The fourth-order valence-electron chi connectivity index (χ4n) is 8.71. The van der Waals surface area contributed by atoms with Gasteiger partial charge in [0.2, 0.25) is 0 Å². The Labute approximate surface area is 170 Å². The van der Waals surface area contributed by atoms with Gasteiger partial charge in [0.1, 0.15) is 0 Å². The molecule has 4 rings (SSSR count). The number of fused-ring (bicyclic) bond motifs is 5. The minimum Gasteiger partial charge on any atom is -0.481 e. The van der Waals surface area contributed by atoms with Gasteiger partial charge in [-0.15, -0.1) is 0 Å².